The van der Waals surface area contributed by atoms with Crippen LogP contribution in [-0.4, -0.2) is 64.4 Å². The highest BCUT2D eigenvalue weighted by atomic mass is 35.5. The maximum absolute atomic E-state index is 13.5. The molecule has 3 heterocycles. The molecule has 0 aliphatic carbocycles. The lowest BCUT2D eigenvalue weighted by molar-refractivity contribution is -0.141. The van der Waals surface area contributed by atoms with Gasteiger partial charge in [0.2, 0.25) is 5.91 Å². The first kappa shape index (κ1) is 23.5. The molecule has 4 aromatic rings. The molecule has 10 heteroatoms. The van der Waals surface area contributed by atoms with Gasteiger partial charge in [-0.2, -0.15) is 0 Å². The molecule has 0 bridgehead atoms. The Balaban J connectivity index is 1.37. The van der Waals surface area contributed by atoms with Crippen LogP contribution in [0, 0.1) is 0 Å². The van der Waals surface area contributed by atoms with Crippen molar-refractivity contribution in [3.05, 3.63) is 64.3 Å². The molecule has 1 unspecified atom stereocenters. The summed E-state index contributed by atoms with van der Waals surface area (Å²) in [4.78, 5) is 39.4. The van der Waals surface area contributed by atoms with Gasteiger partial charge >= 0.3 is 0 Å². The van der Waals surface area contributed by atoms with Crippen molar-refractivity contribution in [2.75, 3.05) is 32.5 Å². The van der Waals surface area contributed by atoms with E-state index in [1.54, 1.807) is 16.9 Å². The number of benzene rings is 2. The first-order valence-electron chi connectivity index (χ1n) is 11.2. The monoisotopic (exact) mass is 509 g/mol. The number of carbonyl (C=O) groups excluding carboxylic acids is 2. The maximum Gasteiger partial charge on any atom is 0.264 e. The minimum absolute atomic E-state index is 0.0897. The quantitative estimate of drug-likeness (QED) is 0.422. The summed E-state index contributed by atoms with van der Waals surface area (Å²) >= 11 is 7.50. The van der Waals surface area contributed by atoms with E-state index in [2.05, 4.69) is 9.97 Å². The number of halogens is 1. The number of hydrogen-bond acceptors (Lipinski definition) is 7. The smallest absolute Gasteiger partial charge is 0.264 e. The number of rotatable bonds is 6. The molecule has 0 radical (unpaired) electrons. The average molecular weight is 510 g/mol. The molecule has 1 atom stereocenters. The van der Waals surface area contributed by atoms with E-state index in [0.717, 1.165) is 26.6 Å². The number of nitrogen functional groups attached to an aromatic ring is 1. The molecule has 2 N–H and O–H groups in total. The number of methoxy groups -OCH3 is 1. The molecular formula is C25H24ClN5O3S. The van der Waals surface area contributed by atoms with Gasteiger partial charge in [-0.25, -0.2) is 9.97 Å². The molecule has 35 heavy (non-hydrogen) atoms. The number of carbonyl (C=O) groups is 2. The summed E-state index contributed by atoms with van der Waals surface area (Å²) in [6, 6.07) is 12.6. The molecule has 2 amide bonds. The first-order valence-corrected chi connectivity index (χ1v) is 12.4. The van der Waals surface area contributed by atoms with Crippen molar-refractivity contribution in [3.8, 4) is 0 Å². The fourth-order valence-corrected chi connectivity index (χ4v) is 5.74. The first-order chi connectivity index (χ1) is 16.9. The van der Waals surface area contributed by atoms with Crippen molar-refractivity contribution in [1.82, 2.24) is 19.8 Å². The molecule has 5 rings (SSSR count). The van der Waals surface area contributed by atoms with Gasteiger partial charge in [0.05, 0.1) is 10.4 Å². The van der Waals surface area contributed by atoms with Crippen LogP contribution in [0.25, 0.3) is 21.0 Å². The fourth-order valence-electron chi connectivity index (χ4n) is 4.44. The summed E-state index contributed by atoms with van der Waals surface area (Å²) in [7, 11) is 1.59. The predicted octanol–water partition coefficient (Wildman–Crippen LogP) is 3.97. The number of anilines is 1. The van der Waals surface area contributed by atoms with Crippen molar-refractivity contribution < 1.29 is 14.3 Å². The molecule has 1 fully saturated rings. The topological polar surface area (TPSA) is 102 Å². The highest BCUT2D eigenvalue weighted by Gasteiger charge is 2.38. The summed E-state index contributed by atoms with van der Waals surface area (Å²) in [5.74, 6) is 0.190. The number of nitrogens with zero attached hydrogens (tertiary/aromatic N) is 4. The van der Waals surface area contributed by atoms with Gasteiger partial charge in [0.1, 0.15) is 18.2 Å². The Kier molecular flexibility index (Phi) is 6.55. The van der Waals surface area contributed by atoms with Crippen LogP contribution >= 0.6 is 22.9 Å². The number of nitrogens with two attached hydrogens (primary N) is 1. The number of amides is 2. The van der Waals surface area contributed by atoms with E-state index in [9.17, 15) is 9.59 Å². The van der Waals surface area contributed by atoms with E-state index in [0.29, 0.717) is 48.4 Å². The fraction of sp³-hybridized carbons (Fsp3) is 0.280. The number of hydrogen-bond donors (Lipinski definition) is 1. The molecule has 180 valence electrons. The van der Waals surface area contributed by atoms with E-state index in [-0.39, 0.29) is 11.8 Å². The Morgan fingerprint density at radius 2 is 2.06 bits per heavy atom. The minimum Gasteiger partial charge on any atom is -0.385 e. The molecule has 2 aromatic heterocycles. The van der Waals surface area contributed by atoms with Crippen molar-refractivity contribution in [2.45, 2.75) is 19.0 Å². The lowest BCUT2D eigenvalue weighted by Gasteiger charge is -2.40. The number of piperazine rings is 1. The van der Waals surface area contributed by atoms with Gasteiger partial charge in [0.25, 0.3) is 5.91 Å². The number of thiophene rings is 1. The highest BCUT2D eigenvalue weighted by Crippen LogP contribution is 2.30. The maximum atomic E-state index is 13.5. The number of aromatic nitrogens is 2. The summed E-state index contributed by atoms with van der Waals surface area (Å²) in [6.07, 6.45) is 1.86. The Morgan fingerprint density at radius 3 is 2.89 bits per heavy atom. The molecule has 1 saturated heterocycles. The summed E-state index contributed by atoms with van der Waals surface area (Å²) in [6.45, 7) is 1.68. The predicted molar refractivity (Wildman–Crippen MR) is 138 cm³/mol. The van der Waals surface area contributed by atoms with Gasteiger partial charge in [-0.1, -0.05) is 23.7 Å². The second-order valence-electron chi connectivity index (χ2n) is 8.46. The van der Waals surface area contributed by atoms with E-state index < -0.39 is 6.04 Å². The lowest BCUT2D eigenvalue weighted by Crippen LogP contribution is -2.58. The Morgan fingerprint density at radius 1 is 1.20 bits per heavy atom. The molecule has 2 aromatic carbocycles. The van der Waals surface area contributed by atoms with Crippen molar-refractivity contribution >= 4 is 61.6 Å². The van der Waals surface area contributed by atoms with E-state index in [1.165, 1.54) is 17.7 Å². The van der Waals surface area contributed by atoms with E-state index in [4.69, 9.17) is 22.1 Å². The largest absolute Gasteiger partial charge is 0.385 e. The zero-order valence-corrected chi connectivity index (χ0v) is 20.7. The molecule has 0 saturated carbocycles. The van der Waals surface area contributed by atoms with Crippen LogP contribution in [0.2, 0.25) is 5.02 Å². The summed E-state index contributed by atoms with van der Waals surface area (Å²) in [5.41, 5.74) is 7.60. The third kappa shape index (κ3) is 4.67. The second kappa shape index (κ2) is 9.77. The Labute approximate surface area is 211 Å². The summed E-state index contributed by atoms with van der Waals surface area (Å²) in [5, 5.41) is 2.37. The number of fused-ring (bicyclic) bond motifs is 2. The molecule has 0 spiro atoms. The van der Waals surface area contributed by atoms with Crippen LogP contribution in [-0.2, 0) is 16.1 Å². The minimum atomic E-state index is -0.594. The van der Waals surface area contributed by atoms with Crippen molar-refractivity contribution in [1.29, 1.82) is 0 Å². The zero-order chi connectivity index (χ0) is 24.5. The van der Waals surface area contributed by atoms with Crippen molar-refractivity contribution in [2.24, 2.45) is 0 Å². The third-order valence-electron chi connectivity index (χ3n) is 6.24. The van der Waals surface area contributed by atoms with Crippen LogP contribution in [0.3, 0.4) is 0 Å². The van der Waals surface area contributed by atoms with Crippen LogP contribution in [0.15, 0.2) is 48.8 Å². The summed E-state index contributed by atoms with van der Waals surface area (Å²) < 4.78 is 6.20. The van der Waals surface area contributed by atoms with E-state index >= 15 is 0 Å². The van der Waals surface area contributed by atoms with Gasteiger partial charge in [0.15, 0.2) is 0 Å². The SMILES string of the molecule is COCCC1C(=O)N(Cc2ccc3c(N)ncnc3c2)CCN1C(=O)c1cc2ccc(Cl)cc2s1. The standard InChI is InChI=1S/C25H24ClN5O3S/c1-34-9-6-20-24(32)30(13-15-2-5-18-19(10-15)28-14-29-23(18)27)7-8-31(20)25(33)22-11-16-3-4-17(26)12-21(16)35-22/h2-5,10-12,14,20H,6-9,13H2,1H3,(H2,27,28,29). The van der Waals surface area contributed by atoms with Crippen LogP contribution in [0.4, 0.5) is 5.82 Å². The second-order valence-corrected chi connectivity index (χ2v) is 9.98. The number of ether oxygens (including phenoxy) is 1. The van der Waals surface area contributed by atoms with E-state index in [1.807, 2.05) is 42.5 Å². The molecular weight excluding hydrogens is 486 g/mol. The molecule has 1 aliphatic heterocycles. The van der Waals surface area contributed by atoms with Crippen molar-refractivity contribution in [3.63, 3.8) is 0 Å². The average Bonchev–Trinajstić information content (AvgIpc) is 3.27. The zero-order valence-electron chi connectivity index (χ0n) is 19.1. The third-order valence-corrected chi connectivity index (χ3v) is 7.56. The van der Waals surface area contributed by atoms with Gasteiger partial charge in [-0.15, -0.1) is 11.3 Å². The van der Waals surface area contributed by atoms with Crippen LogP contribution in [0.1, 0.15) is 21.7 Å². The lowest BCUT2D eigenvalue weighted by atomic mass is 10.1. The van der Waals surface area contributed by atoms with Gasteiger partial charge < -0.3 is 20.3 Å². The van der Waals surface area contributed by atoms with Crippen LogP contribution < -0.4 is 5.73 Å². The Hall–Kier alpha value is -3.27. The molecule has 1 aliphatic rings. The molecule has 8 nitrogen and oxygen atoms in total. The highest BCUT2D eigenvalue weighted by molar-refractivity contribution is 7.20. The Bertz CT molecular complexity index is 1430. The van der Waals surface area contributed by atoms with Gasteiger partial charge in [-0.3, -0.25) is 9.59 Å². The van der Waals surface area contributed by atoms with Gasteiger partial charge in [-0.05, 0) is 41.3 Å². The normalized spacial score (nSPS) is 16.4. The van der Waals surface area contributed by atoms with Gasteiger partial charge in [0, 0.05) is 54.9 Å². The van der Waals surface area contributed by atoms with Crippen LogP contribution in [0.5, 0.6) is 0 Å².